The average molecular weight is 260 g/mol. The highest BCUT2D eigenvalue weighted by atomic mass is 16.5. The van der Waals surface area contributed by atoms with Crippen LogP contribution in [-0.2, 0) is 4.74 Å². The summed E-state index contributed by atoms with van der Waals surface area (Å²) in [6.45, 7) is 10.0. The van der Waals surface area contributed by atoms with Gasteiger partial charge < -0.3 is 4.74 Å². The Labute approximate surface area is 115 Å². The Balaban J connectivity index is 0.000000637. The number of nitrogens with zero attached hydrogens (tertiary/aromatic N) is 2. The van der Waals surface area contributed by atoms with Crippen LogP contribution in [0.5, 0.6) is 0 Å². The Morgan fingerprint density at radius 3 is 2.53 bits per heavy atom. The monoisotopic (exact) mass is 260 g/mol. The Kier molecular flexibility index (Phi) is 4.59. The first-order chi connectivity index (χ1) is 9.25. The molecule has 19 heavy (non-hydrogen) atoms. The van der Waals surface area contributed by atoms with Crippen molar-refractivity contribution in [2.75, 3.05) is 13.2 Å². The van der Waals surface area contributed by atoms with E-state index in [4.69, 9.17) is 9.84 Å². The number of aromatic nitrogens is 2. The third-order valence-corrected chi connectivity index (χ3v) is 3.64. The molecule has 3 nitrogen and oxygen atoms in total. The van der Waals surface area contributed by atoms with Gasteiger partial charge >= 0.3 is 0 Å². The molecule has 0 atom stereocenters. The predicted molar refractivity (Wildman–Crippen MR) is 79.6 cm³/mol. The lowest BCUT2D eigenvalue weighted by Gasteiger charge is -2.23. The fourth-order valence-electron chi connectivity index (χ4n) is 2.63. The molecular weight excluding hydrogens is 236 g/mol. The third kappa shape index (κ3) is 2.81. The standard InChI is InChI=1S/C14H18N2O.C2H6/c1-10-3-4-13-11(2)16(15-14(13)9-10)12-5-7-17-8-6-12;1-2/h3-4,9,12H,5-8H2,1-2H3;1-2H3. The molecule has 1 saturated heterocycles. The molecule has 2 heterocycles. The Bertz CT molecular complexity index is 539. The van der Waals surface area contributed by atoms with Crippen molar-refractivity contribution in [3.63, 3.8) is 0 Å². The van der Waals surface area contributed by atoms with Gasteiger partial charge in [-0.1, -0.05) is 26.0 Å². The van der Waals surface area contributed by atoms with E-state index >= 15 is 0 Å². The largest absolute Gasteiger partial charge is 0.381 e. The smallest absolute Gasteiger partial charge is 0.0928 e. The van der Waals surface area contributed by atoms with Crippen LogP contribution in [0.2, 0.25) is 0 Å². The highest BCUT2D eigenvalue weighted by Gasteiger charge is 2.19. The Morgan fingerprint density at radius 1 is 1.16 bits per heavy atom. The van der Waals surface area contributed by atoms with Crippen molar-refractivity contribution in [3.05, 3.63) is 29.5 Å². The fourth-order valence-corrected chi connectivity index (χ4v) is 2.63. The number of aryl methyl sites for hydroxylation is 2. The number of hydrogen-bond acceptors (Lipinski definition) is 2. The molecule has 0 spiro atoms. The van der Waals surface area contributed by atoms with E-state index in [9.17, 15) is 0 Å². The number of rotatable bonds is 1. The van der Waals surface area contributed by atoms with Gasteiger partial charge in [0.05, 0.1) is 11.6 Å². The summed E-state index contributed by atoms with van der Waals surface area (Å²) in [4.78, 5) is 0. The van der Waals surface area contributed by atoms with Gasteiger partial charge in [0.2, 0.25) is 0 Å². The maximum Gasteiger partial charge on any atom is 0.0928 e. The molecule has 1 aromatic heterocycles. The summed E-state index contributed by atoms with van der Waals surface area (Å²) in [6.07, 6.45) is 2.15. The van der Waals surface area contributed by atoms with E-state index in [0.29, 0.717) is 6.04 Å². The molecule has 2 aromatic rings. The van der Waals surface area contributed by atoms with Crippen molar-refractivity contribution in [3.8, 4) is 0 Å². The van der Waals surface area contributed by atoms with Crippen LogP contribution in [0.1, 0.15) is 44.0 Å². The molecule has 0 unspecified atom stereocenters. The van der Waals surface area contributed by atoms with Crippen LogP contribution < -0.4 is 0 Å². The van der Waals surface area contributed by atoms with Gasteiger partial charge in [0.15, 0.2) is 0 Å². The fraction of sp³-hybridized carbons (Fsp3) is 0.562. The van der Waals surface area contributed by atoms with Gasteiger partial charge in [0.1, 0.15) is 0 Å². The molecule has 1 aliphatic heterocycles. The second-order valence-corrected chi connectivity index (χ2v) is 4.89. The Morgan fingerprint density at radius 2 is 1.84 bits per heavy atom. The number of benzene rings is 1. The molecule has 0 bridgehead atoms. The molecule has 0 N–H and O–H groups in total. The van der Waals surface area contributed by atoms with Gasteiger partial charge in [0.25, 0.3) is 0 Å². The number of fused-ring (bicyclic) bond motifs is 1. The topological polar surface area (TPSA) is 27.1 Å². The Hall–Kier alpha value is -1.35. The first-order valence-electron chi connectivity index (χ1n) is 7.29. The minimum absolute atomic E-state index is 0.511. The molecule has 1 aliphatic rings. The second-order valence-electron chi connectivity index (χ2n) is 4.89. The summed E-state index contributed by atoms with van der Waals surface area (Å²) in [5.74, 6) is 0. The zero-order chi connectivity index (χ0) is 13.8. The van der Waals surface area contributed by atoms with Crippen molar-refractivity contribution in [2.45, 2.75) is 46.6 Å². The molecule has 1 fully saturated rings. The second kappa shape index (κ2) is 6.20. The molecule has 1 aromatic carbocycles. The lowest BCUT2D eigenvalue weighted by Crippen LogP contribution is -2.21. The number of ether oxygens (including phenoxy) is 1. The van der Waals surface area contributed by atoms with Gasteiger partial charge in [-0.2, -0.15) is 5.10 Å². The zero-order valence-corrected chi connectivity index (χ0v) is 12.4. The predicted octanol–water partition coefficient (Wildman–Crippen LogP) is 4.03. The van der Waals surface area contributed by atoms with Gasteiger partial charge in [-0.25, -0.2) is 0 Å². The van der Waals surface area contributed by atoms with Crippen LogP contribution in [0.3, 0.4) is 0 Å². The van der Waals surface area contributed by atoms with Crippen LogP contribution >= 0.6 is 0 Å². The van der Waals surface area contributed by atoms with E-state index in [1.165, 1.54) is 16.6 Å². The van der Waals surface area contributed by atoms with E-state index in [0.717, 1.165) is 31.6 Å². The normalized spacial score (nSPS) is 16.2. The van der Waals surface area contributed by atoms with Crippen molar-refractivity contribution in [1.29, 1.82) is 0 Å². The summed E-state index contributed by atoms with van der Waals surface area (Å²) in [7, 11) is 0. The van der Waals surface area contributed by atoms with Crippen molar-refractivity contribution >= 4 is 10.9 Å². The first kappa shape index (κ1) is 14.1. The summed E-state index contributed by atoms with van der Waals surface area (Å²) >= 11 is 0. The lowest BCUT2D eigenvalue weighted by molar-refractivity contribution is 0.0659. The molecule has 0 amide bonds. The minimum atomic E-state index is 0.511. The quantitative estimate of drug-likeness (QED) is 0.774. The highest BCUT2D eigenvalue weighted by Crippen LogP contribution is 2.26. The molecule has 0 radical (unpaired) electrons. The lowest BCUT2D eigenvalue weighted by atomic mass is 10.1. The van der Waals surface area contributed by atoms with Crippen LogP contribution in [0.15, 0.2) is 18.2 Å². The molecule has 3 heteroatoms. The first-order valence-corrected chi connectivity index (χ1v) is 7.29. The average Bonchev–Trinajstić information content (AvgIpc) is 2.78. The molecule has 3 rings (SSSR count). The van der Waals surface area contributed by atoms with Gasteiger partial charge in [-0.15, -0.1) is 0 Å². The van der Waals surface area contributed by atoms with Gasteiger partial charge in [0, 0.05) is 24.3 Å². The SMILES string of the molecule is CC.Cc1ccc2c(C)n(C3CCOCC3)nc2c1. The van der Waals surface area contributed by atoms with Gasteiger partial charge in [-0.3, -0.25) is 4.68 Å². The summed E-state index contributed by atoms with van der Waals surface area (Å²) in [5, 5.41) is 6.04. The van der Waals surface area contributed by atoms with Crippen LogP contribution in [0.25, 0.3) is 10.9 Å². The molecule has 104 valence electrons. The van der Waals surface area contributed by atoms with Crippen molar-refractivity contribution in [2.24, 2.45) is 0 Å². The van der Waals surface area contributed by atoms with E-state index in [1.807, 2.05) is 13.8 Å². The highest BCUT2D eigenvalue weighted by molar-refractivity contribution is 5.82. The van der Waals surface area contributed by atoms with E-state index in [2.05, 4.69) is 36.7 Å². The van der Waals surface area contributed by atoms with Crippen LogP contribution in [-0.4, -0.2) is 23.0 Å². The zero-order valence-electron chi connectivity index (χ0n) is 12.4. The van der Waals surface area contributed by atoms with Gasteiger partial charge in [-0.05, 0) is 38.3 Å². The molecule has 0 saturated carbocycles. The van der Waals surface area contributed by atoms with E-state index in [1.54, 1.807) is 0 Å². The van der Waals surface area contributed by atoms with E-state index in [-0.39, 0.29) is 0 Å². The number of hydrogen-bond donors (Lipinski definition) is 0. The van der Waals surface area contributed by atoms with Crippen LogP contribution in [0, 0.1) is 13.8 Å². The van der Waals surface area contributed by atoms with Crippen LogP contribution in [0.4, 0.5) is 0 Å². The van der Waals surface area contributed by atoms with Crippen molar-refractivity contribution < 1.29 is 4.74 Å². The summed E-state index contributed by atoms with van der Waals surface area (Å²) in [5.41, 5.74) is 3.68. The van der Waals surface area contributed by atoms with E-state index < -0.39 is 0 Å². The maximum atomic E-state index is 5.41. The third-order valence-electron chi connectivity index (χ3n) is 3.64. The molecule has 0 aliphatic carbocycles. The van der Waals surface area contributed by atoms with Crippen molar-refractivity contribution in [1.82, 2.24) is 9.78 Å². The summed E-state index contributed by atoms with van der Waals surface area (Å²) in [6, 6.07) is 7.02. The maximum absolute atomic E-state index is 5.41. The minimum Gasteiger partial charge on any atom is -0.381 e. The molecular formula is C16H24N2O. The summed E-state index contributed by atoms with van der Waals surface area (Å²) < 4.78 is 7.61.